The topological polar surface area (TPSA) is 68.6 Å². The van der Waals surface area contributed by atoms with Crippen LogP contribution in [0.3, 0.4) is 0 Å². The number of allylic oxidation sites excluding steroid dienone is 1. The highest BCUT2D eigenvalue weighted by Crippen LogP contribution is 2.32. The minimum atomic E-state index is -0.265. The van der Waals surface area contributed by atoms with Gasteiger partial charge in [0.1, 0.15) is 5.75 Å². The summed E-state index contributed by atoms with van der Waals surface area (Å²) in [6, 6.07) is 14.8. The van der Waals surface area contributed by atoms with Crippen molar-refractivity contribution in [2.45, 2.75) is 26.7 Å². The van der Waals surface area contributed by atoms with Gasteiger partial charge in [-0.05, 0) is 48.7 Å². The number of benzene rings is 2. The standard InChI is InChI=1S/C23H25NO4/c1-5-17(6-2)23(25)28-21-12-11-16(14-22(21)27-4)13-18(15-24)19-9-7-8-10-20(19)26-3/h7-14,17H,5-6H2,1-4H3/b18-13-. The molecule has 0 aliphatic rings. The van der Waals surface area contributed by atoms with Crippen LogP contribution in [0.5, 0.6) is 17.2 Å². The molecule has 0 saturated heterocycles. The van der Waals surface area contributed by atoms with Crippen LogP contribution in [0.15, 0.2) is 42.5 Å². The van der Waals surface area contributed by atoms with Gasteiger partial charge in [0.25, 0.3) is 0 Å². The number of nitrogens with zero attached hydrogens (tertiary/aromatic N) is 1. The Hall–Kier alpha value is -3.26. The van der Waals surface area contributed by atoms with Gasteiger partial charge >= 0.3 is 5.97 Å². The molecule has 5 heteroatoms. The Morgan fingerprint density at radius 3 is 2.32 bits per heavy atom. The van der Waals surface area contributed by atoms with E-state index in [9.17, 15) is 10.1 Å². The number of para-hydroxylation sites is 1. The van der Waals surface area contributed by atoms with Gasteiger partial charge in [-0.1, -0.05) is 32.0 Å². The molecular formula is C23H25NO4. The van der Waals surface area contributed by atoms with Gasteiger partial charge in [0.2, 0.25) is 0 Å². The smallest absolute Gasteiger partial charge is 0.314 e. The molecule has 0 aromatic heterocycles. The Labute approximate surface area is 166 Å². The largest absolute Gasteiger partial charge is 0.496 e. The third-order valence-corrected chi connectivity index (χ3v) is 4.55. The molecule has 0 fully saturated rings. The van der Waals surface area contributed by atoms with Crippen LogP contribution in [0.2, 0.25) is 0 Å². The molecule has 0 aliphatic carbocycles. The van der Waals surface area contributed by atoms with E-state index in [2.05, 4.69) is 6.07 Å². The van der Waals surface area contributed by atoms with Gasteiger partial charge in [-0.25, -0.2) is 0 Å². The number of esters is 1. The number of carbonyl (C=O) groups excluding carboxylic acids is 1. The fourth-order valence-electron chi connectivity index (χ4n) is 2.88. The number of rotatable bonds is 8. The van der Waals surface area contributed by atoms with Crippen molar-refractivity contribution in [1.29, 1.82) is 5.26 Å². The van der Waals surface area contributed by atoms with Gasteiger partial charge in [0.15, 0.2) is 11.5 Å². The average molecular weight is 379 g/mol. The second kappa shape index (κ2) is 10.2. The maximum Gasteiger partial charge on any atom is 0.314 e. The molecule has 0 heterocycles. The lowest BCUT2D eigenvalue weighted by Crippen LogP contribution is -2.19. The zero-order valence-corrected chi connectivity index (χ0v) is 16.7. The monoisotopic (exact) mass is 379 g/mol. The first-order valence-electron chi connectivity index (χ1n) is 9.22. The van der Waals surface area contributed by atoms with Crippen LogP contribution in [0.25, 0.3) is 11.6 Å². The van der Waals surface area contributed by atoms with E-state index in [-0.39, 0.29) is 11.9 Å². The molecule has 0 amide bonds. The van der Waals surface area contributed by atoms with E-state index < -0.39 is 0 Å². The van der Waals surface area contributed by atoms with Crippen LogP contribution in [-0.4, -0.2) is 20.2 Å². The quantitative estimate of drug-likeness (QED) is 0.276. The van der Waals surface area contributed by atoms with Gasteiger partial charge in [-0.15, -0.1) is 0 Å². The van der Waals surface area contributed by atoms with Crippen LogP contribution >= 0.6 is 0 Å². The lowest BCUT2D eigenvalue weighted by Gasteiger charge is -2.14. The Morgan fingerprint density at radius 2 is 1.71 bits per heavy atom. The number of carbonyl (C=O) groups is 1. The second-order valence-electron chi connectivity index (χ2n) is 6.21. The third-order valence-electron chi connectivity index (χ3n) is 4.55. The summed E-state index contributed by atoms with van der Waals surface area (Å²) in [5.41, 5.74) is 1.92. The molecule has 5 nitrogen and oxygen atoms in total. The van der Waals surface area contributed by atoms with Crippen LogP contribution in [0.1, 0.15) is 37.8 Å². The van der Waals surface area contributed by atoms with Crippen LogP contribution in [0.4, 0.5) is 0 Å². The third kappa shape index (κ3) is 4.92. The van der Waals surface area contributed by atoms with Crippen LogP contribution in [-0.2, 0) is 4.79 Å². The van der Waals surface area contributed by atoms with Gasteiger partial charge in [-0.2, -0.15) is 5.26 Å². The molecule has 2 aromatic rings. The van der Waals surface area contributed by atoms with Crippen molar-refractivity contribution in [3.8, 4) is 23.3 Å². The normalized spacial score (nSPS) is 11.1. The molecule has 0 bridgehead atoms. The van der Waals surface area contributed by atoms with Gasteiger partial charge in [0.05, 0.1) is 31.8 Å². The summed E-state index contributed by atoms with van der Waals surface area (Å²) in [4.78, 5) is 12.3. The SMILES string of the molecule is CCC(CC)C(=O)Oc1ccc(/C=C(/C#N)c2ccccc2OC)cc1OC. The molecule has 28 heavy (non-hydrogen) atoms. The molecule has 146 valence electrons. The minimum Gasteiger partial charge on any atom is -0.496 e. The minimum absolute atomic E-state index is 0.139. The Morgan fingerprint density at radius 1 is 1.04 bits per heavy atom. The zero-order valence-electron chi connectivity index (χ0n) is 16.7. The lowest BCUT2D eigenvalue weighted by molar-refractivity contribution is -0.139. The second-order valence-corrected chi connectivity index (χ2v) is 6.21. The fraction of sp³-hybridized carbons (Fsp3) is 0.304. The maximum atomic E-state index is 12.3. The molecule has 0 saturated carbocycles. The van der Waals surface area contributed by atoms with E-state index in [0.717, 1.165) is 18.4 Å². The summed E-state index contributed by atoms with van der Waals surface area (Å²) in [6.07, 6.45) is 3.19. The Bertz CT molecular complexity index is 892. The van der Waals surface area contributed by atoms with Crippen molar-refractivity contribution in [2.24, 2.45) is 5.92 Å². The molecular weight excluding hydrogens is 354 g/mol. The van der Waals surface area contributed by atoms with E-state index in [1.54, 1.807) is 31.4 Å². The molecule has 0 unspecified atom stereocenters. The molecule has 0 radical (unpaired) electrons. The highest BCUT2D eigenvalue weighted by molar-refractivity contribution is 5.92. The first-order valence-corrected chi connectivity index (χ1v) is 9.22. The Balaban J connectivity index is 2.36. The molecule has 2 rings (SSSR count). The van der Waals surface area contributed by atoms with Crippen LogP contribution < -0.4 is 14.2 Å². The molecule has 0 N–H and O–H groups in total. The first-order chi connectivity index (χ1) is 13.6. The summed E-state index contributed by atoms with van der Waals surface area (Å²) < 4.78 is 16.2. The van der Waals surface area contributed by atoms with E-state index in [1.165, 1.54) is 7.11 Å². The maximum absolute atomic E-state index is 12.3. The van der Waals surface area contributed by atoms with Crippen molar-refractivity contribution in [2.75, 3.05) is 14.2 Å². The van der Waals surface area contributed by atoms with Crippen molar-refractivity contribution in [3.63, 3.8) is 0 Å². The first kappa shape index (κ1) is 21.0. The van der Waals surface area contributed by atoms with Crippen molar-refractivity contribution >= 4 is 17.6 Å². The van der Waals surface area contributed by atoms with Crippen molar-refractivity contribution in [1.82, 2.24) is 0 Å². The summed E-state index contributed by atoms with van der Waals surface area (Å²) in [5.74, 6) is 1.02. The van der Waals surface area contributed by atoms with Gasteiger partial charge < -0.3 is 14.2 Å². The van der Waals surface area contributed by atoms with Gasteiger partial charge in [0, 0.05) is 5.56 Å². The highest BCUT2D eigenvalue weighted by Gasteiger charge is 2.18. The fourth-order valence-corrected chi connectivity index (χ4v) is 2.88. The number of ether oxygens (including phenoxy) is 3. The van der Waals surface area contributed by atoms with Crippen molar-refractivity contribution < 1.29 is 19.0 Å². The predicted octanol–water partition coefficient (Wildman–Crippen LogP) is 5.11. The number of nitriles is 1. The summed E-state index contributed by atoms with van der Waals surface area (Å²) >= 11 is 0. The number of methoxy groups -OCH3 is 2. The Kier molecular flexibility index (Phi) is 7.65. The lowest BCUT2D eigenvalue weighted by atomic mass is 10.0. The molecule has 0 atom stereocenters. The molecule has 2 aromatic carbocycles. The summed E-state index contributed by atoms with van der Waals surface area (Å²) in [6.45, 7) is 3.92. The highest BCUT2D eigenvalue weighted by atomic mass is 16.6. The number of hydrogen-bond acceptors (Lipinski definition) is 5. The summed E-state index contributed by atoms with van der Waals surface area (Å²) in [7, 11) is 3.09. The van der Waals surface area contributed by atoms with Crippen LogP contribution in [0, 0.1) is 17.2 Å². The van der Waals surface area contributed by atoms with E-state index in [1.807, 2.05) is 38.1 Å². The predicted molar refractivity (Wildman–Crippen MR) is 109 cm³/mol. The van der Waals surface area contributed by atoms with Crippen molar-refractivity contribution in [3.05, 3.63) is 53.6 Å². The van der Waals surface area contributed by atoms with E-state index in [4.69, 9.17) is 14.2 Å². The summed E-state index contributed by atoms with van der Waals surface area (Å²) in [5, 5.41) is 9.60. The average Bonchev–Trinajstić information content (AvgIpc) is 2.73. The zero-order chi connectivity index (χ0) is 20.5. The number of hydrogen-bond donors (Lipinski definition) is 0. The van der Waals surface area contributed by atoms with Gasteiger partial charge in [-0.3, -0.25) is 4.79 Å². The molecule has 0 aliphatic heterocycles. The van der Waals surface area contributed by atoms with E-state index >= 15 is 0 Å². The van der Waals surface area contributed by atoms with E-state index in [0.29, 0.717) is 28.4 Å². The molecule has 0 spiro atoms.